The summed E-state index contributed by atoms with van der Waals surface area (Å²) in [6, 6.07) is 2.33. The highest BCUT2D eigenvalue weighted by Gasteiger charge is 2.31. The van der Waals surface area contributed by atoms with Crippen molar-refractivity contribution in [3.05, 3.63) is 29.8 Å². The van der Waals surface area contributed by atoms with Crippen molar-refractivity contribution in [2.45, 2.75) is 18.2 Å². The van der Waals surface area contributed by atoms with E-state index in [2.05, 4.69) is 0 Å². The molecule has 1 fully saturated rings. The van der Waals surface area contributed by atoms with Crippen LogP contribution in [0.5, 0.6) is 0 Å². The number of carbonyl (C=O) groups is 1. The van der Waals surface area contributed by atoms with Gasteiger partial charge in [-0.3, -0.25) is 4.79 Å². The minimum atomic E-state index is -4.09. The standard InChI is InChI=1S/C13H16F2N2O3S/c1-2-13(18)16-5-7-17(8-6-16)21(19,20)12-9-10(14)3-4-11(12)15/h3-4,9H,2,5-8H2,1H3. The van der Waals surface area contributed by atoms with Crippen LogP contribution in [-0.4, -0.2) is 49.7 Å². The van der Waals surface area contributed by atoms with Gasteiger partial charge in [-0.2, -0.15) is 4.31 Å². The number of halogens is 2. The Bertz CT molecular complexity index is 641. The fourth-order valence-electron chi connectivity index (χ4n) is 2.22. The molecule has 0 radical (unpaired) electrons. The molecule has 0 spiro atoms. The van der Waals surface area contributed by atoms with Crippen LogP contribution in [0.3, 0.4) is 0 Å². The second-order valence-electron chi connectivity index (χ2n) is 4.71. The molecule has 1 heterocycles. The molecule has 5 nitrogen and oxygen atoms in total. The summed E-state index contributed by atoms with van der Waals surface area (Å²) in [6.45, 7) is 2.38. The maximum atomic E-state index is 13.6. The van der Waals surface area contributed by atoms with E-state index in [1.54, 1.807) is 11.8 Å². The first-order valence-electron chi connectivity index (χ1n) is 6.59. The summed E-state index contributed by atoms with van der Waals surface area (Å²) in [7, 11) is -4.09. The molecule has 21 heavy (non-hydrogen) atoms. The number of nitrogens with zero attached hydrogens (tertiary/aromatic N) is 2. The van der Waals surface area contributed by atoms with E-state index >= 15 is 0 Å². The summed E-state index contributed by atoms with van der Waals surface area (Å²) in [5, 5.41) is 0. The minimum absolute atomic E-state index is 0.0519. The van der Waals surface area contributed by atoms with Crippen molar-refractivity contribution in [2.24, 2.45) is 0 Å². The number of amides is 1. The lowest BCUT2D eigenvalue weighted by molar-refractivity contribution is -0.132. The van der Waals surface area contributed by atoms with Gasteiger partial charge >= 0.3 is 0 Å². The van der Waals surface area contributed by atoms with Crippen LogP contribution in [0.25, 0.3) is 0 Å². The Hall–Kier alpha value is -1.54. The lowest BCUT2D eigenvalue weighted by Gasteiger charge is -2.33. The van der Waals surface area contributed by atoms with Gasteiger partial charge in [0.25, 0.3) is 0 Å². The molecule has 1 aromatic carbocycles. The molecule has 2 rings (SSSR count). The van der Waals surface area contributed by atoms with Crippen molar-refractivity contribution in [3.63, 3.8) is 0 Å². The monoisotopic (exact) mass is 318 g/mol. The summed E-state index contributed by atoms with van der Waals surface area (Å²) in [5.41, 5.74) is 0. The van der Waals surface area contributed by atoms with Crippen LogP contribution in [0.4, 0.5) is 8.78 Å². The van der Waals surface area contributed by atoms with Crippen LogP contribution in [0.2, 0.25) is 0 Å². The Morgan fingerprint density at radius 1 is 1.19 bits per heavy atom. The molecule has 0 bridgehead atoms. The van der Waals surface area contributed by atoms with Crippen molar-refractivity contribution in [1.82, 2.24) is 9.21 Å². The lowest BCUT2D eigenvalue weighted by atomic mass is 10.3. The van der Waals surface area contributed by atoms with Gasteiger partial charge in [0.2, 0.25) is 15.9 Å². The number of piperazine rings is 1. The quantitative estimate of drug-likeness (QED) is 0.842. The molecular weight excluding hydrogens is 302 g/mol. The predicted octanol–water partition coefficient (Wildman–Crippen LogP) is 1.21. The molecule has 8 heteroatoms. The minimum Gasteiger partial charge on any atom is -0.340 e. The molecule has 1 aliphatic rings. The Balaban J connectivity index is 2.19. The van der Waals surface area contributed by atoms with E-state index in [4.69, 9.17) is 0 Å². The molecule has 0 N–H and O–H groups in total. The normalized spacial score (nSPS) is 17.0. The van der Waals surface area contributed by atoms with Gasteiger partial charge in [-0.15, -0.1) is 0 Å². The summed E-state index contributed by atoms with van der Waals surface area (Å²) in [6.07, 6.45) is 0.352. The van der Waals surface area contributed by atoms with Gasteiger partial charge in [0, 0.05) is 32.6 Å². The van der Waals surface area contributed by atoms with Crippen molar-refractivity contribution in [3.8, 4) is 0 Å². The SMILES string of the molecule is CCC(=O)N1CCN(S(=O)(=O)c2cc(F)ccc2F)CC1. The third-order valence-corrected chi connectivity index (χ3v) is 5.32. The molecule has 1 saturated heterocycles. The number of hydrogen-bond acceptors (Lipinski definition) is 3. The highest BCUT2D eigenvalue weighted by Crippen LogP contribution is 2.21. The lowest BCUT2D eigenvalue weighted by Crippen LogP contribution is -2.50. The van der Waals surface area contributed by atoms with Gasteiger partial charge in [-0.1, -0.05) is 6.92 Å². The number of carbonyl (C=O) groups excluding carboxylic acids is 1. The first kappa shape index (κ1) is 15.8. The van der Waals surface area contributed by atoms with E-state index in [1.807, 2.05) is 0 Å². The number of hydrogen-bond donors (Lipinski definition) is 0. The first-order valence-corrected chi connectivity index (χ1v) is 8.03. The second kappa shape index (κ2) is 6.07. The number of rotatable bonds is 3. The first-order chi connectivity index (χ1) is 9.86. The van der Waals surface area contributed by atoms with Crippen molar-refractivity contribution in [1.29, 1.82) is 0 Å². The van der Waals surface area contributed by atoms with Gasteiger partial charge in [-0.25, -0.2) is 17.2 Å². The number of benzene rings is 1. The van der Waals surface area contributed by atoms with E-state index in [9.17, 15) is 22.0 Å². The third kappa shape index (κ3) is 3.21. The molecule has 0 aliphatic carbocycles. The molecule has 1 amide bonds. The van der Waals surface area contributed by atoms with Gasteiger partial charge in [-0.05, 0) is 18.2 Å². The smallest absolute Gasteiger partial charge is 0.246 e. The third-order valence-electron chi connectivity index (χ3n) is 3.40. The maximum Gasteiger partial charge on any atom is 0.246 e. The highest BCUT2D eigenvalue weighted by molar-refractivity contribution is 7.89. The van der Waals surface area contributed by atoms with Crippen molar-refractivity contribution >= 4 is 15.9 Å². The summed E-state index contributed by atoms with van der Waals surface area (Å²) in [4.78, 5) is 12.4. The Labute approximate surface area is 122 Å². The van der Waals surface area contributed by atoms with E-state index in [0.29, 0.717) is 12.5 Å². The van der Waals surface area contributed by atoms with E-state index in [1.165, 1.54) is 0 Å². The Kier molecular flexibility index (Phi) is 4.58. The van der Waals surface area contributed by atoms with Gasteiger partial charge in [0.15, 0.2) is 0 Å². The summed E-state index contributed by atoms with van der Waals surface area (Å²) < 4.78 is 52.5. The van der Waals surface area contributed by atoms with Crippen LogP contribution in [0, 0.1) is 11.6 Å². The van der Waals surface area contributed by atoms with Crippen molar-refractivity contribution < 1.29 is 22.0 Å². The van der Waals surface area contributed by atoms with E-state index in [0.717, 1.165) is 16.4 Å². The molecule has 116 valence electrons. The maximum absolute atomic E-state index is 13.6. The topological polar surface area (TPSA) is 57.7 Å². The summed E-state index contributed by atoms with van der Waals surface area (Å²) >= 11 is 0. The van der Waals surface area contributed by atoms with Gasteiger partial charge in [0.1, 0.15) is 16.5 Å². The Morgan fingerprint density at radius 2 is 1.81 bits per heavy atom. The largest absolute Gasteiger partial charge is 0.340 e. The zero-order valence-electron chi connectivity index (χ0n) is 11.6. The molecule has 0 aromatic heterocycles. The van der Waals surface area contributed by atoms with Crippen LogP contribution < -0.4 is 0 Å². The average molecular weight is 318 g/mol. The molecule has 1 aliphatic heterocycles. The molecule has 0 unspecified atom stereocenters. The van der Waals surface area contributed by atoms with E-state index < -0.39 is 26.6 Å². The van der Waals surface area contributed by atoms with Crippen LogP contribution >= 0.6 is 0 Å². The predicted molar refractivity (Wildman–Crippen MR) is 72.0 cm³/mol. The molecule has 1 aromatic rings. The van der Waals surface area contributed by atoms with Crippen LogP contribution in [-0.2, 0) is 14.8 Å². The van der Waals surface area contributed by atoms with E-state index in [-0.39, 0.29) is 32.1 Å². The molecule has 0 atom stereocenters. The van der Waals surface area contributed by atoms with Crippen LogP contribution in [0.1, 0.15) is 13.3 Å². The van der Waals surface area contributed by atoms with Crippen molar-refractivity contribution in [2.75, 3.05) is 26.2 Å². The summed E-state index contributed by atoms with van der Waals surface area (Å²) in [5.74, 6) is -1.85. The Morgan fingerprint density at radius 3 is 2.38 bits per heavy atom. The number of sulfonamides is 1. The second-order valence-corrected chi connectivity index (χ2v) is 6.62. The average Bonchev–Trinajstić information content (AvgIpc) is 2.49. The van der Waals surface area contributed by atoms with Gasteiger partial charge in [0.05, 0.1) is 0 Å². The zero-order chi connectivity index (χ0) is 15.6. The van der Waals surface area contributed by atoms with Crippen LogP contribution in [0.15, 0.2) is 23.1 Å². The zero-order valence-corrected chi connectivity index (χ0v) is 12.4. The molecule has 0 saturated carbocycles. The highest BCUT2D eigenvalue weighted by atomic mass is 32.2. The fraction of sp³-hybridized carbons (Fsp3) is 0.462. The fourth-order valence-corrected chi connectivity index (χ4v) is 3.71. The van der Waals surface area contributed by atoms with Gasteiger partial charge < -0.3 is 4.90 Å². The molecular formula is C13H16F2N2O3S.